The normalized spacial score (nSPS) is 10.8. The molecule has 0 fully saturated rings. The predicted octanol–water partition coefficient (Wildman–Crippen LogP) is 3.10. The van der Waals surface area contributed by atoms with Gasteiger partial charge in [-0.15, -0.1) is 0 Å². The van der Waals surface area contributed by atoms with Gasteiger partial charge in [-0.05, 0) is 45.0 Å². The number of carbonyl (C=O) groups is 1. The number of aryl methyl sites for hydroxylation is 3. The minimum atomic E-state index is -0.502. The van der Waals surface area contributed by atoms with E-state index in [1.54, 1.807) is 29.2 Å². The SMILES string of the molecule is CCn1cc(NC(=O)c2ccc(-n3nc(C)cc3C)c(F)c2)cn1. The van der Waals surface area contributed by atoms with Gasteiger partial charge in [-0.2, -0.15) is 10.2 Å². The summed E-state index contributed by atoms with van der Waals surface area (Å²) in [5, 5.41) is 11.0. The number of nitrogens with one attached hydrogen (secondary N) is 1. The third kappa shape index (κ3) is 3.05. The van der Waals surface area contributed by atoms with Crippen LogP contribution >= 0.6 is 0 Å². The Balaban J connectivity index is 1.83. The highest BCUT2D eigenvalue weighted by atomic mass is 19.1. The molecule has 0 atom stereocenters. The van der Waals surface area contributed by atoms with Crippen molar-refractivity contribution in [2.75, 3.05) is 5.32 Å². The highest BCUT2D eigenvalue weighted by molar-refractivity contribution is 6.04. The molecule has 3 aromatic rings. The van der Waals surface area contributed by atoms with Crippen molar-refractivity contribution >= 4 is 11.6 Å². The van der Waals surface area contributed by atoms with Crippen LogP contribution in [0.15, 0.2) is 36.7 Å². The van der Waals surface area contributed by atoms with Crippen LogP contribution in [0.3, 0.4) is 0 Å². The quantitative estimate of drug-likeness (QED) is 0.801. The van der Waals surface area contributed by atoms with Crippen LogP contribution in [0.2, 0.25) is 0 Å². The third-order valence-corrected chi connectivity index (χ3v) is 3.66. The summed E-state index contributed by atoms with van der Waals surface area (Å²) in [6, 6.07) is 6.21. The Morgan fingerprint density at radius 1 is 1.29 bits per heavy atom. The number of nitrogens with zero attached hydrogens (tertiary/aromatic N) is 4. The summed E-state index contributed by atoms with van der Waals surface area (Å²) in [5.41, 5.74) is 2.76. The fourth-order valence-electron chi connectivity index (χ4n) is 2.50. The molecule has 0 bridgehead atoms. The second-order valence-electron chi connectivity index (χ2n) is 5.54. The summed E-state index contributed by atoms with van der Waals surface area (Å²) in [6.07, 6.45) is 3.28. The summed E-state index contributed by atoms with van der Waals surface area (Å²) in [7, 11) is 0. The molecule has 0 saturated heterocycles. The molecule has 7 heteroatoms. The minimum Gasteiger partial charge on any atom is -0.319 e. The number of amides is 1. The maximum atomic E-state index is 14.4. The van der Waals surface area contributed by atoms with Crippen molar-refractivity contribution in [3.05, 3.63) is 59.4 Å². The summed E-state index contributed by atoms with van der Waals surface area (Å²) in [6.45, 7) is 6.36. The number of carbonyl (C=O) groups excluding carboxylic acids is 1. The molecule has 3 rings (SSSR count). The van der Waals surface area contributed by atoms with Crippen LogP contribution in [0, 0.1) is 19.7 Å². The van der Waals surface area contributed by atoms with E-state index in [0.29, 0.717) is 17.9 Å². The Bertz CT molecular complexity index is 896. The highest BCUT2D eigenvalue weighted by Gasteiger charge is 2.14. The molecule has 1 N–H and O–H groups in total. The van der Waals surface area contributed by atoms with Crippen LogP contribution in [0.5, 0.6) is 0 Å². The van der Waals surface area contributed by atoms with Gasteiger partial charge in [0, 0.05) is 24.0 Å². The van der Waals surface area contributed by atoms with E-state index >= 15 is 0 Å². The molecule has 2 aromatic heterocycles. The molecule has 0 aliphatic rings. The van der Waals surface area contributed by atoms with Crippen LogP contribution in [-0.2, 0) is 6.54 Å². The van der Waals surface area contributed by atoms with Crippen LogP contribution in [-0.4, -0.2) is 25.5 Å². The van der Waals surface area contributed by atoms with E-state index < -0.39 is 5.82 Å². The number of rotatable bonds is 4. The Hall–Kier alpha value is -2.96. The first kappa shape index (κ1) is 15.9. The molecule has 0 radical (unpaired) electrons. The van der Waals surface area contributed by atoms with Gasteiger partial charge in [0.25, 0.3) is 5.91 Å². The number of hydrogen-bond donors (Lipinski definition) is 1. The van der Waals surface area contributed by atoms with Gasteiger partial charge in [-0.3, -0.25) is 9.48 Å². The lowest BCUT2D eigenvalue weighted by Crippen LogP contribution is -2.12. The van der Waals surface area contributed by atoms with E-state index in [0.717, 1.165) is 11.4 Å². The fourth-order valence-corrected chi connectivity index (χ4v) is 2.50. The zero-order valence-electron chi connectivity index (χ0n) is 13.7. The number of anilines is 1. The minimum absolute atomic E-state index is 0.238. The van der Waals surface area contributed by atoms with Crippen molar-refractivity contribution in [2.45, 2.75) is 27.3 Å². The van der Waals surface area contributed by atoms with E-state index in [9.17, 15) is 9.18 Å². The van der Waals surface area contributed by atoms with Crippen LogP contribution in [0.1, 0.15) is 28.7 Å². The van der Waals surface area contributed by atoms with Gasteiger partial charge < -0.3 is 5.32 Å². The average molecular weight is 327 g/mol. The lowest BCUT2D eigenvalue weighted by molar-refractivity contribution is 0.102. The maximum absolute atomic E-state index is 14.4. The monoisotopic (exact) mass is 327 g/mol. The first-order chi connectivity index (χ1) is 11.5. The second-order valence-corrected chi connectivity index (χ2v) is 5.54. The lowest BCUT2D eigenvalue weighted by Gasteiger charge is -2.08. The zero-order valence-corrected chi connectivity index (χ0v) is 13.7. The number of halogens is 1. The van der Waals surface area contributed by atoms with E-state index in [2.05, 4.69) is 15.5 Å². The first-order valence-corrected chi connectivity index (χ1v) is 7.65. The number of hydrogen-bond acceptors (Lipinski definition) is 3. The molecular formula is C17H18FN5O. The van der Waals surface area contributed by atoms with Gasteiger partial charge in [0.1, 0.15) is 11.5 Å². The Morgan fingerprint density at radius 3 is 2.67 bits per heavy atom. The van der Waals surface area contributed by atoms with Crippen LogP contribution in [0.4, 0.5) is 10.1 Å². The number of aromatic nitrogens is 4. The Morgan fingerprint density at radius 2 is 2.08 bits per heavy atom. The second kappa shape index (κ2) is 6.27. The summed E-state index contributed by atoms with van der Waals surface area (Å²) < 4.78 is 17.6. The molecule has 124 valence electrons. The molecule has 6 nitrogen and oxygen atoms in total. The third-order valence-electron chi connectivity index (χ3n) is 3.66. The predicted molar refractivity (Wildman–Crippen MR) is 88.9 cm³/mol. The van der Waals surface area contributed by atoms with Crippen molar-refractivity contribution in [3.8, 4) is 5.69 Å². The van der Waals surface area contributed by atoms with Gasteiger partial charge >= 0.3 is 0 Å². The van der Waals surface area contributed by atoms with E-state index in [1.807, 2.05) is 26.8 Å². The van der Waals surface area contributed by atoms with E-state index in [-0.39, 0.29) is 11.5 Å². The van der Waals surface area contributed by atoms with Gasteiger partial charge in [0.15, 0.2) is 0 Å². The van der Waals surface area contributed by atoms with Crippen LogP contribution in [0.25, 0.3) is 5.69 Å². The highest BCUT2D eigenvalue weighted by Crippen LogP contribution is 2.18. The molecule has 0 aliphatic heterocycles. The largest absolute Gasteiger partial charge is 0.319 e. The summed E-state index contributed by atoms with van der Waals surface area (Å²) in [5.74, 6) is -0.887. The van der Waals surface area contributed by atoms with Crippen molar-refractivity contribution < 1.29 is 9.18 Å². The molecule has 1 aromatic carbocycles. The van der Waals surface area contributed by atoms with Crippen molar-refractivity contribution in [3.63, 3.8) is 0 Å². The van der Waals surface area contributed by atoms with E-state index in [1.165, 1.54) is 10.7 Å². The smallest absolute Gasteiger partial charge is 0.255 e. The molecular weight excluding hydrogens is 309 g/mol. The Labute approximate surface area is 138 Å². The molecule has 1 amide bonds. The maximum Gasteiger partial charge on any atom is 0.255 e. The fraction of sp³-hybridized carbons (Fsp3) is 0.235. The molecule has 0 spiro atoms. The molecule has 0 aliphatic carbocycles. The molecule has 2 heterocycles. The number of benzene rings is 1. The topological polar surface area (TPSA) is 64.7 Å². The van der Waals surface area contributed by atoms with Gasteiger partial charge in [0.05, 0.1) is 17.6 Å². The van der Waals surface area contributed by atoms with Crippen molar-refractivity contribution in [1.29, 1.82) is 0 Å². The molecule has 0 unspecified atom stereocenters. The van der Waals surface area contributed by atoms with Crippen LogP contribution < -0.4 is 5.32 Å². The lowest BCUT2D eigenvalue weighted by atomic mass is 10.2. The van der Waals surface area contributed by atoms with Gasteiger partial charge in [-0.25, -0.2) is 9.07 Å². The average Bonchev–Trinajstić information content (AvgIpc) is 3.13. The van der Waals surface area contributed by atoms with Crippen molar-refractivity contribution in [1.82, 2.24) is 19.6 Å². The zero-order chi connectivity index (χ0) is 17.3. The molecule has 24 heavy (non-hydrogen) atoms. The van der Waals surface area contributed by atoms with E-state index in [4.69, 9.17) is 0 Å². The van der Waals surface area contributed by atoms with Crippen molar-refractivity contribution in [2.24, 2.45) is 0 Å². The molecule has 0 saturated carbocycles. The Kier molecular flexibility index (Phi) is 4.16. The summed E-state index contributed by atoms with van der Waals surface area (Å²) >= 11 is 0. The van der Waals surface area contributed by atoms with Gasteiger partial charge in [-0.1, -0.05) is 0 Å². The summed E-state index contributed by atoms with van der Waals surface area (Å²) in [4.78, 5) is 12.2. The first-order valence-electron chi connectivity index (χ1n) is 7.65. The van der Waals surface area contributed by atoms with Gasteiger partial charge in [0.2, 0.25) is 0 Å². The standard InChI is InChI=1S/C17H18FN5O/c1-4-22-10-14(9-19-22)20-17(24)13-5-6-16(15(18)8-13)23-12(3)7-11(2)21-23/h5-10H,4H2,1-3H3,(H,20,24).